The third-order valence-electron chi connectivity index (χ3n) is 7.70. The minimum atomic E-state index is -0.391. The van der Waals surface area contributed by atoms with Gasteiger partial charge in [0.2, 0.25) is 0 Å². The van der Waals surface area contributed by atoms with Gasteiger partial charge in [-0.1, -0.05) is 133 Å². The predicted octanol–water partition coefficient (Wildman–Crippen LogP) is 10.1. The van der Waals surface area contributed by atoms with Crippen LogP contribution >= 0.6 is 0 Å². The van der Waals surface area contributed by atoms with Crippen molar-refractivity contribution in [1.29, 1.82) is 0 Å². The molecule has 39 heavy (non-hydrogen) atoms. The summed E-state index contributed by atoms with van der Waals surface area (Å²) in [6.07, 6.45) is 0. The van der Waals surface area contributed by atoms with Gasteiger partial charge in [0.25, 0.3) is 0 Å². The van der Waals surface area contributed by atoms with E-state index in [0.29, 0.717) is 0 Å². The second-order valence-corrected chi connectivity index (χ2v) is 9.87. The first-order valence-corrected chi connectivity index (χ1v) is 13.3. The zero-order chi connectivity index (χ0) is 26.1. The van der Waals surface area contributed by atoms with Crippen LogP contribution in [0.5, 0.6) is 0 Å². The molecular weight excluding hydrogens is 472 g/mol. The van der Waals surface area contributed by atoms with Gasteiger partial charge in [0.1, 0.15) is 0 Å². The van der Waals surface area contributed by atoms with E-state index in [4.69, 9.17) is 0 Å². The Balaban J connectivity index is 1.32. The molecule has 1 aliphatic rings. The van der Waals surface area contributed by atoms with Gasteiger partial charge in [-0.25, -0.2) is 0 Å². The monoisotopic (exact) mass is 498 g/mol. The normalized spacial score (nSPS) is 13.2. The summed E-state index contributed by atoms with van der Waals surface area (Å²) in [5.41, 5.74) is 11.2. The Bertz CT molecular complexity index is 1730. The van der Waals surface area contributed by atoms with E-state index in [9.17, 15) is 0 Å². The second kappa shape index (κ2) is 9.66. The van der Waals surface area contributed by atoms with Gasteiger partial charge in [0.05, 0.1) is 16.8 Å². The molecule has 0 bridgehead atoms. The molecule has 0 aromatic heterocycles. The number of fused-ring (bicyclic) bond motifs is 3. The van der Waals surface area contributed by atoms with Gasteiger partial charge in [-0.2, -0.15) is 10.2 Å². The average molecular weight is 499 g/mol. The van der Waals surface area contributed by atoms with Crippen LogP contribution in [0.4, 0.5) is 11.4 Å². The van der Waals surface area contributed by atoms with Crippen molar-refractivity contribution < 1.29 is 0 Å². The lowest BCUT2D eigenvalue weighted by Crippen LogP contribution is -2.28. The van der Waals surface area contributed by atoms with E-state index in [1.807, 2.05) is 18.2 Å². The average Bonchev–Trinajstić information content (AvgIpc) is 3.32. The summed E-state index contributed by atoms with van der Waals surface area (Å²) in [6, 6.07) is 55.5. The lowest BCUT2D eigenvalue weighted by atomic mass is 9.68. The summed E-state index contributed by atoms with van der Waals surface area (Å²) in [6.45, 7) is 0. The number of nitrogens with zero attached hydrogens (tertiary/aromatic N) is 2. The van der Waals surface area contributed by atoms with Crippen LogP contribution in [-0.2, 0) is 5.41 Å². The third kappa shape index (κ3) is 3.89. The number of hydrogen-bond donors (Lipinski definition) is 0. The van der Waals surface area contributed by atoms with Crippen molar-refractivity contribution in [2.45, 2.75) is 5.41 Å². The van der Waals surface area contributed by atoms with E-state index in [1.54, 1.807) is 0 Å². The van der Waals surface area contributed by atoms with Crippen LogP contribution in [0.25, 0.3) is 22.3 Å². The van der Waals surface area contributed by atoms with Gasteiger partial charge in [0.15, 0.2) is 0 Å². The predicted molar refractivity (Wildman–Crippen MR) is 160 cm³/mol. The van der Waals surface area contributed by atoms with E-state index >= 15 is 0 Å². The molecule has 0 radical (unpaired) electrons. The zero-order valence-corrected chi connectivity index (χ0v) is 21.4. The zero-order valence-electron chi connectivity index (χ0n) is 21.4. The fourth-order valence-electron chi connectivity index (χ4n) is 5.97. The van der Waals surface area contributed by atoms with Crippen LogP contribution in [0.3, 0.4) is 0 Å². The molecule has 0 heterocycles. The van der Waals surface area contributed by atoms with Crippen molar-refractivity contribution in [1.82, 2.24) is 0 Å². The molecule has 1 aliphatic carbocycles. The summed E-state index contributed by atoms with van der Waals surface area (Å²) >= 11 is 0. The number of hydrogen-bond acceptors (Lipinski definition) is 2. The van der Waals surface area contributed by atoms with Crippen LogP contribution in [0.2, 0.25) is 0 Å². The van der Waals surface area contributed by atoms with Crippen molar-refractivity contribution in [3.8, 4) is 22.3 Å². The van der Waals surface area contributed by atoms with E-state index in [0.717, 1.165) is 11.4 Å². The Morgan fingerprint density at radius 1 is 0.359 bits per heavy atom. The van der Waals surface area contributed by atoms with Gasteiger partial charge in [-0.05, 0) is 68.8 Å². The maximum Gasteiger partial charge on any atom is 0.0863 e. The number of rotatable bonds is 5. The first-order chi connectivity index (χ1) is 19.3. The summed E-state index contributed by atoms with van der Waals surface area (Å²) in [4.78, 5) is 0. The smallest absolute Gasteiger partial charge is 0.0863 e. The van der Waals surface area contributed by atoms with Crippen molar-refractivity contribution in [3.63, 3.8) is 0 Å². The molecule has 6 aromatic carbocycles. The quantitative estimate of drug-likeness (QED) is 0.211. The SMILES string of the molecule is c1ccc(-c2ccc(N=Nc3ccc4c(c3)-c3ccccc3C4(c3ccccc3)c3ccccc3)cc2)cc1. The maximum absolute atomic E-state index is 4.65. The summed E-state index contributed by atoms with van der Waals surface area (Å²) in [7, 11) is 0. The van der Waals surface area contributed by atoms with Crippen molar-refractivity contribution in [2.24, 2.45) is 10.2 Å². The highest BCUT2D eigenvalue weighted by molar-refractivity contribution is 5.87. The van der Waals surface area contributed by atoms with Crippen molar-refractivity contribution in [3.05, 3.63) is 180 Å². The fraction of sp³-hybridized carbons (Fsp3) is 0.0270. The minimum Gasteiger partial charge on any atom is -0.151 e. The number of benzene rings is 6. The molecule has 0 spiro atoms. The molecule has 0 saturated carbocycles. The minimum absolute atomic E-state index is 0.391. The summed E-state index contributed by atoms with van der Waals surface area (Å²) in [5, 5.41) is 9.22. The van der Waals surface area contributed by atoms with Crippen LogP contribution < -0.4 is 0 Å². The fourth-order valence-corrected chi connectivity index (χ4v) is 5.97. The van der Waals surface area contributed by atoms with E-state index in [-0.39, 0.29) is 0 Å². The molecule has 0 saturated heterocycles. The van der Waals surface area contributed by atoms with E-state index in [2.05, 4.69) is 150 Å². The highest BCUT2D eigenvalue weighted by atomic mass is 15.1. The van der Waals surface area contributed by atoms with Gasteiger partial charge in [-0.3, -0.25) is 0 Å². The first-order valence-electron chi connectivity index (χ1n) is 13.3. The molecule has 0 unspecified atom stereocenters. The Kier molecular flexibility index (Phi) is 5.71. The molecule has 0 N–H and O–H groups in total. The molecule has 7 rings (SSSR count). The van der Waals surface area contributed by atoms with Crippen LogP contribution in [0.1, 0.15) is 22.3 Å². The largest absolute Gasteiger partial charge is 0.151 e. The van der Waals surface area contributed by atoms with E-state index < -0.39 is 5.41 Å². The van der Waals surface area contributed by atoms with E-state index in [1.165, 1.54) is 44.5 Å². The molecule has 184 valence electrons. The lowest BCUT2D eigenvalue weighted by Gasteiger charge is -2.33. The Hall–Kier alpha value is -5.08. The molecule has 0 fully saturated rings. The topological polar surface area (TPSA) is 24.7 Å². The molecule has 0 amide bonds. The van der Waals surface area contributed by atoms with Crippen LogP contribution in [0.15, 0.2) is 168 Å². The lowest BCUT2D eigenvalue weighted by molar-refractivity contribution is 0.768. The highest BCUT2D eigenvalue weighted by Gasteiger charge is 2.45. The molecule has 6 aromatic rings. The third-order valence-corrected chi connectivity index (χ3v) is 7.70. The molecular formula is C37H26N2. The standard InChI is InChI=1S/C37H26N2/c1-4-12-27(13-5-1)28-20-22-31(23-21-28)38-39-32-24-25-36-34(26-32)33-18-10-11-19-35(33)37(36,29-14-6-2-7-15-29)30-16-8-3-9-17-30/h1-26H. The van der Waals surface area contributed by atoms with Gasteiger partial charge < -0.3 is 0 Å². The van der Waals surface area contributed by atoms with Crippen molar-refractivity contribution >= 4 is 11.4 Å². The molecule has 2 nitrogen and oxygen atoms in total. The second-order valence-electron chi connectivity index (χ2n) is 9.87. The van der Waals surface area contributed by atoms with Crippen molar-refractivity contribution in [2.75, 3.05) is 0 Å². The number of azo groups is 1. The molecule has 0 atom stereocenters. The van der Waals surface area contributed by atoms with Gasteiger partial charge in [-0.15, -0.1) is 0 Å². The van der Waals surface area contributed by atoms with Crippen LogP contribution in [-0.4, -0.2) is 0 Å². The molecule has 0 aliphatic heterocycles. The Labute approximate surface area is 229 Å². The first kappa shape index (κ1) is 23.1. The molecule has 2 heteroatoms. The van der Waals surface area contributed by atoms with Gasteiger partial charge in [0, 0.05) is 0 Å². The summed E-state index contributed by atoms with van der Waals surface area (Å²) < 4.78 is 0. The van der Waals surface area contributed by atoms with Gasteiger partial charge >= 0.3 is 0 Å². The Morgan fingerprint density at radius 2 is 0.846 bits per heavy atom. The summed E-state index contributed by atoms with van der Waals surface area (Å²) in [5.74, 6) is 0. The van der Waals surface area contributed by atoms with Crippen LogP contribution in [0, 0.1) is 0 Å². The highest BCUT2D eigenvalue weighted by Crippen LogP contribution is 2.56. The maximum atomic E-state index is 4.65. The Morgan fingerprint density at radius 3 is 1.51 bits per heavy atom.